The van der Waals surface area contributed by atoms with Crippen molar-refractivity contribution in [3.8, 4) is 17.2 Å². The largest absolute Gasteiger partial charge is 0.504 e. The lowest BCUT2D eigenvalue weighted by atomic mass is 10.2. The molecule has 0 bridgehead atoms. The van der Waals surface area contributed by atoms with Crippen LogP contribution in [-0.2, 0) is 0 Å². The van der Waals surface area contributed by atoms with Crippen molar-refractivity contribution in [3.63, 3.8) is 0 Å². The number of furan rings is 1. The van der Waals surface area contributed by atoms with Gasteiger partial charge in [-0.1, -0.05) is 12.1 Å². The number of hydrazone groups is 1. The van der Waals surface area contributed by atoms with Gasteiger partial charge in [-0.25, -0.2) is 5.43 Å². The number of amides is 1. The molecule has 27 heavy (non-hydrogen) atoms. The average Bonchev–Trinajstić information content (AvgIpc) is 3.10. The highest BCUT2D eigenvalue weighted by molar-refractivity contribution is 14.1. The van der Waals surface area contributed by atoms with Crippen LogP contribution in [-0.4, -0.2) is 30.9 Å². The highest BCUT2D eigenvalue weighted by atomic mass is 127. The van der Waals surface area contributed by atoms with Gasteiger partial charge in [0.2, 0.25) is 0 Å². The molecule has 0 spiro atoms. The minimum Gasteiger partial charge on any atom is -0.504 e. The molecule has 0 fully saturated rings. The van der Waals surface area contributed by atoms with Crippen molar-refractivity contribution in [1.29, 1.82) is 0 Å². The number of methoxy groups -OCH3 is 1. The maximum absolute atomic E-state index is 12.3. The molecule has 140 valence electrons. The number of halogens is 1. The monoisotopic (exact) mass is 480 g/mol. The van der Waals surface area contributed by atoms with Crippen molar-refractivity contribution in [1.82, 2.24) is 5.43 Å². The first-order valence-electron chi connectivity index (χ1n) is 8.08. The molecule has 3 rings (SSSR count). The molecule has 2 N–H and O–H groups in total. The molecular weight excluding hydrogens is 463 g/mol. The molecular formula is C19H17IN2O5. The molecule has 0 saturated heterocycles. The van der Waals surface area contributed by atoms with Crippen molar-refractivity contribution in [2.75, 3.05) is 13.7 Å². The molecule has 0 aliphatic heterocycles. The van der Waals surface area contributed by atoms with Gasteiger partial charge in [-0.05, 0) is 59.3 Å². The summed E-state index contributed by atoms with van der Waals surface area (Å²) in [6, 6.07) is 10.4. The second-order valence-electron chi connectivity index (χ2n) is 5.47. The number of fused-ring (bicyclic) bond motifs is 1. The summed E-state index contributed by atoms with van der Waals surface area (Å²) >= 11 is 2.00. The van der Waals surface area contributed by atoms with E-state index in [2.05, 4.69) is 10.5 Å². The van der Waals surface area contributed by atoms with Gasteiger partial charge in [0.1, 0.15) is 0 Å². The van der Waals surface area contributed by atoms with Crippen molar-refractivity contribution in [2.24, 2.45) is 5.10 Å². The molecule has 0 aliphatic carbocycles. The molecule has 7 nitrogen and oxygen atoms in total. The molecule has 0 aliphatic rings. The van der Waals surface area contributed by atoms with Crippen molar-refractivity contribution < 1.29 is 23.8 Å². The summed E-state index contributed by atoms with van der Waals surface area (Å²) in [6.07, 6.45) is 1.46. The fourth-order valence-corrected chi connectivity index (χ4v) is 3.09. The number of nitrogens with one attached hydrogen (secondary N) is 1. The molecule has 0 radical (unpaired) electrons. The Kier molecular flexibility index (Phi) is 5.84. The van der Waals surface area contributed by atoms with E-state index in [1.807, 2.05) is 41.6 Å². The predicted octanol–water partition coefficient (Wildman–Crippen LogP) is 3.91. The second kappa shape index (κ2) is 8.30. The van der Waals surface area contributed by atoms with Gasteiger partial charge in [-0.15, -0.1) is 0 Å². The van der Waals surface area contributed by atoms with Crippen molar-refractivity contribution in [2.45, 2.75) is 6.92 Å². The fourth-order valence-electron chi connectivity index (χ4n) is 2.46. The lowest BCUT2D eigenvalue weighted by Crippen LogP contribution is -2.16. The Morgan fingerprint density at radius 3 is 2.89 bits per heavy atom. The molecule has 0 unspecified atom stereocenters. The van der Waals surface area contributed by atoms with Crippen LogP contribution in [0.3, 0.4) is 0 Å². The number of phenolic OH excluding ortho intramolecular Hbond substituents is 1. The number of ether oxygens (including phenoxy) is 2. The molecule has 1 heterocycles. The summed E-state index contributed by atoms with van der Waals surface area (Å²) in [5.41, 5.74) is 3.60. The molecule has 2 aromatic carbocycles. The number of carbonyl (C=O) groups excluding carboxylic acids is 1. The lowest BCUT2D eigenvalue weighted by Gasteiger charge is -2.08. The molecule has 1 aromatic heterocycles. The van der Waals surface area contributed by atoms with Gasteiger partial charge >= 0.3 is 5.91 Å². The maximum Gasteiger partial charge on any atom is 0.307 e. The highest BCUT2D eigenvalue weighted by Crippen LogP contribution is 2.32. The maximum atomic E-state index is 12.3. The van der Waals surface area contributed by atoms with Gasteiger partial charge in [-0.3, -0.25) is 4.79 Å². The summed E-state index contributed by atoms with van der Waals surface area (Å²) in [7, 11) is 1.54. The molecule has 3 aromatic rings. The smallest absolute Gasteiger partial charge is 0.307 e. The van der Waals surface area contributed by atoms with Gasteiger partial charge in [-0.2, -0.15) is 5.10 Å². The zero-order valence-corrected chi connectivity index (χ0v) is 16.8. The van der Waals surface area contributed by atoms with Crippen LogP contribution in [0.1, 0.15) is 23.0 Å². The number of nitrogens with zero attached hydrogens (tertiary/aromatic N) is 1. The number of para-hydroxylation sites is 1. The summed E-state index contributed by atoms with van der Waals surface area (Å²) in [4.78, 5) is 12.3. The number of hydrogen-bond donors (Lipinski definition) is 2. The Morgan fingerprint density at radius 1 is 1.33 bits per heavy atom. The van der Waals surface area contributed by atoms with Crippen molar-refractivity contribution >= 4 is 45.7 Å². The van der Waals surface area contributed by atoms with E-state index in [1.165, 1.54) is 13.3 Å². The van der Waals surface area contributed by atoms with Crippen molar-refractivity contribution in [3.05, 3.63) is 51.3 Å². The standard InChI is InChI=1S/C19H17IN2O5/c1-3-26-15-8-11(7-13(20)17(15)23)10-21-22-19(24)16-9-12-5-4-6-14(25-2)18(12)27-16/h4-10,23H,3H2,1-2H3,(H,22,24)/b21-10-. The van der Waals surface area contributed by atoms with E-state index in [-0.39, 0.29) is 11.5 Å². The number of benzene rings is 2. The van der Waals surface area contributed by atoms with Gasteiger partial charge in [0.05, 0.1) is 23.5 Å². The third kappa shape index (κ3) is 4.16. The lowest BCUT2D eigenvalue weighted by molar-refractivity contribution is 0.0929. The van der Waals surface area contributed by atoms with Crippen LogP contribution < -0.4 is 14.9 Å². The van der Waals surface area contributed by atoms with Gasteiger partial charge in [0, 0.05) is 5.39 Å². The van der Waals surface area contributed by atoms with Gasteiger partial charge in [0.25, 0.3) is 0 Å². The van der Waals surface area contributed by atoms with E-state index in [0.29, 0.717) is 32.8 Å². The van der Waals surface area contributed by atoms with E-state index in [1.54, 1.807) is 24.3 Å². The predicted molar refractivity (Wildman–Crippen MR) is 110 cm³/mol. The average molecular weight is 480 g/mol. The van der Waals surface area contributed by atoms with Crippen LogP contribution in [0.4, 0.5) is 0 Å². The molecule has 0 atom stereocenters. The first kappa shape index (κ1) is 19.0. The molecule has 1 amide bonds. The Morgan fingerprint density at radius 2 is 2.15 bits per heavy atom. The minimum atomic E-state index is -0.483. The zero-order valence-electron chi connectivity index (χ0n) is 14.7. The number of hydrogen-bond acceptors (Lipinski definition) is 6. The van der Waals surface area contributed by atoms with Gasteiger partial charge in [0.15, 0.2) is 28.6 Å². The van der Waals surface area contributed by atoms with Gasteiger partial charge < -0.3 is 19.0 Å². The number of rotatable bonds is 6. The van der Waals surface area contributed by atoms with E-state index in [4.69, 9.17) is 13.9 Å². The number of aromatic hydroxyl groups is 1. The van der Waals surface area contributed by atoms with E-state index >= 15 is 0 Å². The highest BCUT2D eigenvalue weighted by Gasteiger charge is 2.14. The molecule has 0 saturated carbocycles. The summed E-state index contributed by atoms with van der Waals surface area (Å²) < 4.78 is 16.8. The third-order valence-corrected chi connectivity index (χ3v) is 4.50. The first-order valence-corrected chi connectivity index (χ1v) is 9.16. The number of carbonyl (C=O) groups is 1. The molecule has 8 heteroatoms. The summed E-state index contributed by atoms with van der Waals surface area (Å²) in [6.45, 7) is 2.26. The Labute approximate surface area is 169 Å². The van der Waals surface area contributed by atoms with Crippen LogP contribution in [0.5, 0.6) is 17.2 Å². The van der Waals surface area contributed by atoms with Crippen LogP contribution in [0, 0.1) is 3.57 Å². The van der Waals surface area contributed by atoms with E-state index in [0.717, 1.165) is 5.39 Å². The summed E-state index contributed by atoms with van der Waals surface area (Å²) in [5, 5.41) is 14.7. The fraction of sp³-hybridized carbons (Fsp3) is 0.158. The third-order valence-electron chi connectivity index (χ3n) is 3.68. The van der Waals surface area contributed by atoms with Crippen LogP contribution in [0.25, 0.3) is 11.0 Å². The minimum absolute atomic E-state index is 0.0786. The van der Waals surface area contributed by atoms with Crippen LogP contribution in [0.15, 0.2) is 45.9 Å². The Hall–Kier alpha value is -2.75. The topological polar surface area (TPSA) is 93.3 Å². The Bertz CT molecular complexity index is 1010. The number of phenols is 1. The zero-order chi connectivity index (χ0) is 19.4. The quantitative estimate of drug-likeness (QED) is 0.317. The van der Waals surface area contributed by atoms with Crippen LogP contribution in [0.2, 0.25) is 0 Å². The second-order valence-corrected chi connectivity index (χ2v) is 6.63. The normalized spacial score (nSPS) is 11.1. The summed E-state index contributed by atoms with van der Waals surface area (Å²) in [5.74, 6) is 0.638. The first-order chi connectivity index (χ1) is 13.0. The SMILES string of the molecule is CCOc1cc(/C=N\NC(=O)c2cc3cccc(OC)c3o2)cc(I)c1O. The van der Waals surface area contributed by atoms with Crippen LogP contribution >= 0.6 is 22.6 Å². The van der Waals surface area contributed by atoms with E-state index < -0.39 is 5.91 Å². The Balaban J connectivity index is 1.76. The van der Waals surface area contributed by atoms with E-state index in [9.17, 15) is 9.90 Å².